The molecule has 0 unspecified atom stereocenters. The molecule has 1 aromatic heterocycles. The smallest absolute Gasteiger partial charge is 0.295 e. The van der Waals surface area contributed by atoms with Gasteiger partial charge >= 0.3 is 0 Å². The number of Topliss-reactive ketones (excluding diaryl/α,β-unsaturated/α-hetero) is 1. The van der Waals surface area contributed by atoms with Crippen molar-refractivity contribution in [1.82, 2.24) is 9.80 Å². The number of likely N-dealkylation sites (N-methyl/N-ethyl adjacent to an activating group) is 1. The molecule has 29 heavy (non-hydrogen) atoms. The lowest BCUT2D eigenvalue weighted by Crippen LogP contribution is -2.35. The van der Waals surface area contributed by atoms with Crippen LogP contribution in [0.15, 0.2) is 52.7 Å². The van der Waals surface area contributed by atoms with Gasteiger partial charge in [0.15, 0.2) is 0 Å². The van der Waals surface area contributed by atoms with Crippen LogP contribution in [-0.2, 0) is 9.59 Å². The van der Waals surface area contributed by atoms with E-state index in [4.69, 9.17) is 9.15 Å². The Morgan fingerprint density at radius 1 is 1.21 bits per heavy atom. The van der Waals surface area contributed by atoms with Gasteiger partial charge in [0.05, 0.1) is 18.4 Å². The molecule has 3 rings (SSSR count). The van der Waals surface area contributed by atoms with E-state index in [2.05, 4.69) is 0 Å². The Morgan fingerprint density at radius 2 is 1.93 bits per heavy atom. The molecule has 1 aromatic carbocycles. The second-order valence-corrected chi connectivity index (χ2v) is 7.18. The summed E-state index contributed by atoms with van der Waals surface area (Å²) >= 11 is 0. The molecule has 7 heteroatoms. The number of furan rings is 1. The number of aliphatic hydroxyl groups excluding tert-OH is 1. The topological polar surface area (TPSA) is 83.2 Å². The van der Waals surface area contributed by atoms with Gasteiger partial charge in [0.2, 0.25) is 0 Å². The highest BCUT2D eigenvalue weighted by Crippen LogP contribution is 2.39. The van der Waals surface area contributed by atoms with E-state index in [1.54, 1.807) is 36.4 Å². The van der Waals surface area contributed by atoms with Crippen LogP contribution in [0.25, 0.3) is 5.76 Å². The second kappa shape index (κ2) is 8.96. The third-order valence-electron chi connectivity index (χ3n) is 4.74. The summed E-state index contributed by atoms with van der Waals surface area (Å²) in [6, 6.07) is 9.44. The van der Waals surface area contributed by atoms with Crippen molar-refractivity contribution in [2.75, 3.05) is 33.8 Å². The molecule has 1 N–H and O–H groups in total. The molecule has 154 valence electrons. The molecular weight excluding hydrogens is 372 g/mol. The molecule has 1 fully saturated rings. The van der Waals surface area contributed by atoms with E-state index >= 15 is 0 Å². The number of rotatable bonds is 8. The Labute approximate surface area is 170 Å². The van der Waals surface area contributed by atoms with Crippen molar-refractivity contribution in [3.05, 3.63) is 59.6 Å². The van der Waals surface area contributed by atoms with Gasteiger partial charge in [0.25, 0.3) is 11.7 Å². The quantitative estimate of drug-likeness (QED) is 0.418. The lowest BCUT2D eigenvalue weighted by atomic mass is 9.99. The van der Waals surface area contributed by atoms with Gasteiger partial charge in [0.1, 0.15) is 23.3 Å². The summed E-state index contributed by atoms with van der Waals surface area (Å²) in [6.07, 6.45) is 2.38. The molecule has 0 radical (unpaired) electrons. The van der Waals surface area contributed by atoms with Crippen molar-refractivity contribution < 1.29 is 23.8 Å². The number of benzene rings is 1. The minimum atomic E-state index is -0.763. The third-order valence-corrected chi connectivity index (χ3v) is 4.74. The van der Waals surface area contributed by atoms with Gasteiger partial charge in [-0.2, -0.15) is 0 Å². The van der Waals surface area contributed by atoms with Crippen molar-refractivity contribution >= 4 is 17.4 Å². The maximum atomic E-state index is 12.8. The molecule has 2 aromatic rings. The number of carbonyl (C=O) groups is 2. The molecule has 7 nitrogen and oxygen atoms in total. The molecule has 1 saturated heterocycles. The highest BCUT2D eigenvalue weighted by molar-refractivity contribution is 6.46. The van der Waals surface area contributed by atoms with Crippen molar-refractivity contribution in [2.45, 2.75) is 19.4 Å². The SMILES string of the molecule is CCCOc1ccc(/C(O)=C2\C(=O)C(=O)N(CCN(C)C)[C@H]2c2ccco2)cc1. The fraction of sp³-hybridized carbons (Fsp3) is 0.364. The number of likely N-dealkylation sites (tertiary alicyclic amines) is 1. The lowest BCUT2D eigenvalue weighted by Gasteiger charge is -2.24. The summed E-state index contributed by atoms with van der Waals surface area (Å²) in [7, 11) is 3.78. The molecule has 0 spiro atoms. The first kappa shape index (κ1) is 20.7. The molecule has 1 aliphatic heterocycles. The Morgan fingerprint density at radius 3 is 2.52 bits per heavy atom. The van der Waals surface area contributed by atoms with E-state index in [0.29, 0.717) is 36.8 Å². The first-order chi connectivity index (χ1) is 13.9. The second-order valence-electron chi connectivity index (χ2n) is 7.18. The number of amides is 1. The maximum absolute atomic E-state index is 12.8. The highest BCUT2D eigenvalue weighted by atomic mass is 16.5. The number of nitrogens with zero attached hydrogens (tertiary/aromatic N) is 2. The first-order valence-corrected chi connectivity index (χ1v) is 9.63. The van der Waals surface area contributed by atoms with Crippen LogP contribution in [0, 0.1) is 0 Å². The number of hydrogen-bond donors (Lipinski definition) is 1. The molecule has 1 amide bonds. The third kappa shape index (κ3) is 4.35. The van der Waals surface area contributed by atoms with Crippen LogP contribution < -0.4 is 4.74 Å². The standard InChI is InChI=1S/C22H26N2O5/c1-4-13-28-16-9-7-15(8-10-16)20(25)18-19(17-6-5-14-29-17)24(12-11-23(2)3)22(27)21(18)26/h5-10,14,19,25H,4,11-13H2,1-3H3/b20-18+/t19-/m0/s1. The largest absolute Gasteiger partial charge is 0.507 e. The molecule has 1 atom stereocenters. The minimum Gasteiger partial charge on any atom is -0.507 e. The molecule has 0 saturated carbocycles. The van der Waals surface area contributed by atoms with Gasteiger partial charge in [-0.15, -0.1) is 0 Å². The zero-order valence-electron chi connectivity index (χ0n) is 16.9. The van der Waals surface area contributed by atoms with E-state index in [-0.39, 0.29) is 11.3 Å². The van der Waals surface area contributed by atoms with Crippen LogP contribution in [0.2, 0.25) is 0 Å². The van der Waals surface area contributed by atoms with Crippen LogP contribution >= 0.6 is 0 Å². The summed E-state index contributed by atoms with van der Waals surface area (Å²) in [5.41, 5.74) is 0.474. The fourth-order valence-corrected chi connectivity index (χ4v) is 3.25. The zero-order chi connectivity index (χ0) is 21.0. The van der Waals surface area contributed by atoms with Crippen molar-refractivity contribution in [1.29, 1.82) is 0 Å². The van der Waals surface area contributed by atoms with Gasteiger partial charge in [-0.05, 0) is 56.9 Å². The number of ether oxygens (including phenoxy) is 1. The Hall–Kier alpha value is -3.06. The Kier molecular flexibility index (Phi) is 6.39. The Bertz CT molecular complexity index is 884. The van der Waals surface area contributed by atoms with Gasteiger partial charge in [-0.25, -0.2) is 0 Å². The van der Waals surface area contributed by atoms with E-state index in [0.717, 1.165) is 6.42 Å². The van der Waals surface area contributed by atoms with Gasteiger partial charge < -0.3 is 24.1 Å². The van der Waals surface area contributed by atoms with E-state index in [1.807, 2.05) is 25.9 Å². The van der Waals surface area contributed by atoms with Crippen LogP contribution in [0.4, 0.5) is 0 Å². The van der Waals surface area contributed by atoms with Crippen LogP contribution in [0.1, 0.15) is 30.7 Å². The molecular formula is C22H26N2O5. The summed E-state index contributed by atoms with van der Waals surface area (Å²) < 4.78 is 11.1. The summed E-state index contributed by atoms with van der Waals surface area (Å²) in [5, 5.41) is 10.9. The molecule has 0 aliphatic carbocycles. The minimum absolute atomic E-state index is 0.0333. The van der Waals surface area contributed by atoms with Gasteiger partial charge in [-0.3, -0.25) is 9.59 Å². The number of carbonyl (C=O) groups excluding carboxylic acids is 2. The van der Waals surface area contributed by atoms with E-state index < -0.39 is 17.7 Å². The number of hydrogen-bond acceptors (Lipinski definition) is 6. The number of ketones is 1. The van der Waals surface area contributed by atoms with Crippen molar-refractivity contribution in [3.63, 3.8) is 0 Å². The average molecular weight is 398 g/mol. The number of aliphatic hydroxyl groups is 1. The van der Waals surface area contributed by atoms with Crippen molar-refractivity contribution in [2.24, 2.45) is 0 Å². The predicted octanol–water partition coefficient (Wildman–Crippen LogP) is 3.05. The monoisotopic (exact) mass is 398 g/mol. The summed E-state index contributed by atoms with van der Waals surface area (Å²) in [4.78, 5) is 28.9. The molecule has 1 aliphatic rings. The fourth-order valence-electron chi connectivity index (χ4n) is 3.25. The maximum Gasteiger partial charge on any atom is 0.295 e. The summed E-state index contributed by atoms with van der Waals surface area (Å²) in [5.74, 6) is -0.462. The lowest BCUT2D eigenvalue weighted by molar-refractivity contribution is -0.140. The van der Waals surface area contributed by atoms with Gasteiger partial charge in [-0.1, -0.05) is 6.92 Å². The van der Waals surface area contributed by atoms with Crippen LogP contribution in [0.5, 0.6) is 5.75 Å². The average Bonchev–Trinajstić information content (AvgIpc) is 3.32. The molecule has 2 heterocycles. The summed E-state index contributed by atoms with van der Waals surface area (Å²) in [6.45, 7) is 3.53. The van der Waals surface area contributed by atoms with Gasteiger partial charge in [0, 0.05) is 18.7 Å². The van der Waals surface area contributed by atoms with E-state index in [1.165, 1.54) is 11.2 Å². The molecule has 0 bridgehead atoms. The Balaban J connectivity index is 1.99. The zero-order valence-corrected chi connectivity index (χ0v) is 16.9. The van der Waals surface area contributed by atoms with Crippen LogP contribution in [0.3, 0.4) is 0 Å². The van der Waals surface area contributed by atoms with E-state index in [9.17, 15) is 14.7 Å². The van der Waals surface area contributed by atoms with Crippen molar-refractivity contribution in [3.8, 4) is 5.75 Å². The predicted molar refractivity (Wildman–Crippen MR) is 108 cm³/mol. The highest BCUT2D eigenvalue weighted by Gasteiger charge is 2.47. The van der Waals surface area contributed by atoms with Crippen LogP contribution in [-0.4, -0.2) is 60.4 Å². The normalized spacial score (nSPS) is 18.6. The first-order valence-electron chi connectivity index (χ1n) is 9.63.